The van der Waals surface area contributed by atoms with Gasteiger partial charge in [-0.25, -0.2) is 0 Å². The highest BCUT2D eigenvalue weighted by molar-refractivity contribution is 7.15. The van der Waals surface area contributed by atoms with E-state index in [1.165, 1.54) is 18.4 Å². The van der Waals surface area contributed by atoms with E-state index in [4.69, 9.17) is 4.74 Å². The zero-order valence-corrected chi connectivity index (χ0v) is 10.1. The van der Waals surface area contributed by atoms with Crippen LogP contribution in [0.2, 0.25) is 0 Å². The number of aromatic nitrogens is 2. The second-order valence-electron chi connectivity index (χ2n) is 4.14. The Bertz CT molecular complexity index is 343. The molecule has 0 aliphatic carbocycles. The number of carbonyl (C=O) groups excluding carboxylic acids is 1. The van der Waals surface area contributed by atoms with Crippen LogP contribution >= 0.6 is 11.3 Å². The van der Waals surface area contributed by atoms with Gasteiger partial charge < -0.3 is 4.74 Å². The average molecular weight is 229 g/mol. The molecule has 6 heteroatoms. The Hall–Kier alpha value is -1.01. The first kappa shape index (κ1) is 12.1. The number of hydrogen-bond donors (Lipinski definition) is 1. The molecule has 84 valence electrons. The smallest absolute Gasteiger partial charge is 0.252 e. The molecule has 0 aliphatic rings. The fourth-order valence-electron chi connectivity index (χ4n) is 0.863. The molecule has 0 saturated carbocycles. The number of amides is 1. The summed E-state index contributed by atoms with van der Waals surface area (Å²) in [5, 5.41) is 11.9. The van der Waals surface area contributed by atoms with Crippen LogP contribution in [-0.2, 0) is 14.9 Å². The lowest BCUT2D eigenvalue weighted by atomic mass is 9.98. The van der Waals surface area contributed by atoms with Gasteiger partial charge in [0, 0.05) is 12.5 Å². The predicted octanol–water partition coefficient (Wildman–Crippen LogP) is 1.42. The molecule has 5 nitrogen and oxygen atoms in total. The largest absolute Gasteiger partial charge is 0.375 e. The number of anilines is 1. The van der Waals surface area contributed by atoms with E-state index < -0.39 is 0 Å². The van der Waals surface area contributed by atoms with Crippen molar-refractivity contribution in [3.63, 3.8) is 0 Å². The van der Waals surface area contributed by atoms with Crippen molar-refractivity contribution in [1.82, 2.24) is 10.2 Å². The van der Waals surface area contributed by atoms with Gasteiger partial charge in [-0.15, -0.1) is 10.2 Å². The van der Waals surface area contributed by atoms with Crippen LogP contribution in [-0.4, -0.2) is 29.8 Å². The van der Waals surface area contributed by atoms with Gasteiger partial charge in [0.2, 0.25) is 5.13 Å². The van der Waals surface area contributed by atoms with Gasteiger partial charge in [-0.1, -0.05) is 32.1 Å². The number of ether oxygens (including phenoxy) is 1. The lowest BCUT2D eigenvalue weighted by Crippen LogP contribution is -2.16. The van der Waals surface area contributed by atoms with E-state index in [1.54, 1.807) is 0 Å². The summed E-state index contributed by atoms with van der Waals surface area (Å²) in [5.74, 6) is -0.214. The number of nitrogens with zero attached hydrogens (tertiary/aromatic N) is 2. The zero-order valence-electron chi connectivity index (χ0n) is 9.33. The highest BCUT2D eigenvalue weighted by Crippen LogP contribution is 2.27. The fourth-order valence-corrected chi connectivity index (χ4v) is 1.68. The van der Waals surface area contributed by atoms with E-state index in [0.717, 1.165) is 5.01 Å². The summed E-state index contributed by atoms with van der Waals surface area (Å²) in [4.78, 5) is 11.2. The van der Waals surface area contributed by atoms with E-state index in [1.807, 2.05) is 20.8 Å². The number of nitrogens with one attached hydrogen (secondary N) is 1. The van der Waals surface area contributed by atoms with Crippen molar-refractivity contribution in [2.45, 2.75) is 26.2 Å². The first-order chi connectivity index (χ1) is 6.93. The maximum Gasteiger partial charge on any atom is 0.252 e. The summed E-state index contributed by atoms with van der Waals surface area (Å²) in [5.41, 5.74) is -0.0398. The van der Waals surface area contributed by atoms with E-state index in [0.29, 0.717) is 5.13 Å². The third kappa shape index (κ3) is 3.56. The van der Waals surface area contributed by atoms with E-state index in [-0.39, 0.29) is 17.9 Å². The minimum absolute atomic E-state index is 0.0322. The lowest BCUT2D eigenvalue weighted by Gasteiger charge is -2.12. The Labute approximate surface area is 92.9 Å². The standard InChI is InChI=1S/C9H15N3O2S/c1-9(2,3)7-11-12-8(15-7)10-6(13)5-14-4/h5H2,1-4H3,(H,10,12,13). The molecule has 0 atom stereocenters. The molecule has 0 spiro atoms. The summed E-state index contributed by atoms with van der Waals surface area (Å²) in [6.07, 6.45) is 0. The molecule has 0 aliphatic heterocycles. The Balaban J connectivity index is 2.65. The van der Waals surface area contributed by atoms with Gasteiger partial charge in [0.15, 0.2) is 0 Å². The van der Waals surface area contributed by atoms with E-state index in [2.05, 4.69) is 15.5 Å². The Morgan fingerprint density at radius 3 is 2.60 bits per heavy atom. The molecule has 0 saturated heterocycles. The number of methoxy groups -OCH3 is 1. The summed E-state index contributed by atoms with van der Waals surface area (Å²) in [6, 6.07) is 0. The maximum absolute atomic E-state index is 11.2. The van der Waals surface area contributed by atoms with Gasteiger partial charge >= 0.3 is 0 Å². The van der Waals surface area contributed by atoms with Crippen molar-refractivity contribution in [2.75, 3.05) is 19.0 Å². The highest BCUT2D eigenvalue weighted by Gasteiger charge is 2.19. The van der Waals surface area contributed by atoms with Crippen LogP contribution in [0.1, 0.15) is 25.8 Å². The third-order valence-corrected chi connectivity index (χ3v) is 2.85. The molecule has 1 aromatic rings. The van der Waals surface area contributed by atoms with Crippen molar-refractivity contribution >= 4 is 22.4 Å². The monoisotopic (exact) mass is 229 g/mol. The fraction of sp³-hybridized carbons (Fsp3) is 0.667. The summed E-state index contributed by atoms with van der Waals surface area (Å²) < 4.78 is 4.69. The van der Waals surface area contributed by atoms with Gasteiger partial charge in [-0.2, -0.15) is 0 Å². The zero-order chi connectivity index (χ0) is 11.5. The molecule has 1 aromatic heterocycles. The molecule has 1 heterocycles. The molecule has 0 unspecified atom stereocenters. The quantitative estimate of drug-likeness (QED) is 0.851. The normalized spacial score (nSPS) is 11.5. The van der Waals surface area contributed by atoms with Gasteiger partial charge in [0.1, 0.15) is 11.6 Å². The molecule has 1 amide bonds. The van der Waals surface area contributed by atoms with Crippen LogP contribution in [0.4, 0.5) is 5.13 Å². The predicted molar refractivity (Wildman–Crippen MR) is 59.1 cm³/mol. The van der Waals surface area contributed by atoms with Gasteiger partial charge in [0.25, 0.3) is 5.91 Å². The number of rotatable bonds is 3. The molecule has 0 fully saturated rings. The minimum Gasteiger partial charge on any atom is -0.375 e. The van der Waals surface area contributed by atoms with Crippen molar-refractivity contribution in [2.24, 2.45) is 0 Å². The maximum atomic E-state index is 11.2. The van der Waals surface area contributed by atoms with E-state index >= 15 is 0 Å². The second kappa shape index (κ2) is 4.67. The van der Waals surface area contributed by atoms with Gasteiger partial charge in [-0.3, -0.25) is 10.1 Å². The van der Waals surface area contributed by atoms with Crippen molar-refractivity contribution in [1.29, 1.82) is 0 Å². The average Bonchev–Trinajstić information content (AvgIpc) is 2.52. The third-order valence-electron chi connectivity index (χ3n) is 1.59. The van der Waals surface area contributed by atoms with Gasteiger partial charge in [0.05, 0.1) is 0 Å². The first-order valence-electron chi connectivity index (χ1n) is 4.56. The molecule has 0 radical (unpaired) electrons. The first-order valence-corrected chi connectivity index (χ1v) is 5.38. The lowest BCUT2D eigenvalue weighted by molar-refractivity contribution is -0.119. The van der Waals surface area contributed by atoms with Crippen LogP contribution in [0.3, 0.4) is 0 Å². The Morgan fingerprint density at radius 2 is 2.13 bits per heavy atom. The van der Waals surface area contributed by atoms with Crippen LogP contribution in [0.25, 0.3) is 0 Å². The molecule has 1 N–H and O–H groups in total. The number of hydrogen-bond acceptors (Lipinski definition) is 5. The van der Waals surface area contributed by atoms with Crippen LogP contribution in [0.15, 0.2) is 0 Å². The molecular formula is C9H15N3O2S. The molecule has 15 heavy (non-hydrogen) atoms. The Morgan fingerprint density at radius 1 is 1.47 bits per heavy atom. The molecule has 0 aromatic carbocycles. The summed E-state index contributed by atoms with van der Waals surface area (Å²) in [7, 11) is 1.47. The second-order valence-corrected chi connectivity index (χ2v) is 5.12. The summed E-state index contributed by atoms with van der Waals surface area (Å²) >= 11 is 1.38. The Kier molecular flexibility index (Phi) is 3.76. The van der Waals surface area contributed by atoms with Crippen molar-refractivity contribution in [3.05, 3.63) is 5.01 Å². The van der Waals surface area contributed by atoms with Crippen LogP contribution in [0, 0.1) is 0 Å². The highest BCUT2D eigenvalue weighted by atomic mass is 32.1. The molecule has 1 rings (SSSR count). The topological polar surface area (TPSA) is 64.1 Å². The SMILES string of the molecule is COCC(=O)Nc1nnc(C(C)(C)C)s1. The number of carbonyl (C=O) groups is 1. The summed E-state index contributed by atoms with van der Waals surface area (Å²) in [6.45, 7) is 6.18. The van der Waals surface area contributed by atoms with Crippen molar-refractivity contribution < 1.29 is 9.53 Å². The molecule has 0 bridgehead atoms. The van der Waals surface area contributed by atoms with E-state index in [9.17, 15) is 4.79 Å². The van der Waals surface area contributed by atoms with Crippen LogP contribution < -0.4 is 5.32 Å². The minimum atomic E-state index is -0.214. The molecular weight excluding hydrogens is 214 g/mol. The van der Waals surface area contributed by atoms with Gasteiger partial charge in [-0.05, 0) is 0 Å². The van der Waals surface area contributed by atoms with Crippen molar-refractivity contribution in [3.8, 4) is 0 Å². The van der Waals surface area contributed by atoms with Crippen LogP contribution in [0.5, 0.6) is 0 Å².